The fraction of sp³-hybridized carbons (Fsp3) is 0.333. The summed E-state index contributed by atoms with van der Waals surface area (Å²) in [5, 5.41) is 16.6. The topological polar surface area (TPSA) is 63.3 Å². The van der Waals surface area contributed by atoms with E-state index in [1.165, 1.54) is 21.3 Å². The van der Waals surface area contributed by atoms with Gasteiger partial charge >= 0.3 is 0 Å². The van der Waals surface area contributed by atoms with Crippen molar-refractivity contribution >= 4 is 73.3 Å². The molecule has 0 aliphatic carbocycles. The minimum Gasteiger partial charge on any atom is -0.512 e. The van der Waals surface area contributed by atoms with Gasteiger partial charge in [0.2, 0.25) is 0 Å². The first kappa shape index (κ1) is 35.8. The molecule has 0 saturated carbocycles. The number of aliphatic hydroxyl groups excluding tert-OH is 1. The van der Waals surface area contributed by atoms with Crippen LogP contribution in [-0.4, -0.2) is 23.9 Å². The Morgan fingerprint density at radius 1 is 0.913 bits per heavy atom. The van der Waals surface area contributed by atoms with Crippen molar-refractivity contribution in [3.05, 3.63) is 84.6 Å². The second-order valence-electron chi connectivity index (χ2n) is 12.8. The van der Waals surface area contributed by atoms with Crippen LogP contribution < -0.4 is 5.19 Å². The Morgan fingerprint density at radius 2 is 1.57 bits per heavy atom. The largest absolute Gasteiger partial charge is 0.512 e. The molecule has 1 N–H and O–H groups in total. The number of allylic oxidation sites excluding steroid dienone is 2. The smallest absolute Gasteiger partial charge is 0.162 e. The average Bonchev–Trinajstić information content (AvgIpc) is 3.64. The summed E-state index contributed by atoms with van der Waals surface area (Å²) < 4.78 is 7.63. The summed E-state index contributed by atoms with van der Waals surface area (Å²) in [5.41, 5.74) is 3.93. The van der Waals surface area contributed by atoms with Crippen LogP contribution in [0.2, 0.25) is 19.6 Å². The standard InChI is InChI=1S/C26H20NOSSi.C13H24O2.Ir/c1-30(2,3)17-12-13-22-19(15-17)24-20(26-27-21-10-6-7-11-23(21)29-26)14-16-8-4-5-9-18(16)25(24)28-22;1-5-10(6-2)12(14)9-13(15)11(7-3)8-4;/h4-13,15H,1-3H3;9-11,14H,5-8H2,1-4H3;/q-1;;/b;12-9-;. The molecule has 0 amide bonds. The van der Waals surface area contributed by atoms with E-state index in [2.05, 4.69) is 86.4 Å². The molecule has 0 spiro atoms. The molecule has 0 fully saturated rings. The third-order valence-corrected chi connectivity index (χ3v) is 11.9. The second kappa shape index (κ2) is 15.2. The molecule has 243 valence electrons. The number of hydrogen-bond acceptors (Lipinski definition) is 5. The maximum atomic E-state index is 11.7. The van der Waals surface area contributed by atoms with Crippen LogP contribution in [0.4, 0.5) is 0 Å². The summed E-state index contributed by atoms with van der Waals surface area (Å²) in [6, 6.07) is 27.1. The van der Waals surface area contributed by atoms with E-state index in [9.17, 15) is 9.90 Å². The Balaban J connectivity index is 0.000000259. The van der Waals surface area contributed by atoms with Crippen LogP contribution >= 0.6 is 11.3 Å². The van der Waals surface area contributed by atoms with Crippen LogP contribution in [0.25, 0.3) is 53.5 Å². The number of para-hydroxylation sites is 1. The number of carbonyl (C=O) groups excluding carboxylic acids is 1. The molecule has 2 heterocycles. The Labute approximate surface area is 291 Å². The van der Waals surface area contributed by atoms with E-state index in [1.54, 1.807) is 11.3 Å². The van der Waals surface area contributed by atoms with Gasteiger partial charge in [-0.25, -0.2) is 0 Å². The van der Waals surface area contributed by atoms with Gasteiger partial charge in [-0.3, -0.25) is 9.78 Å². The molecule has 0 saturated heterocycles. The summed E-state index contributed by atoms with van der Waals surface area (Å²) in [6.45, 7) is 15.2. The normalized spacial score (nSPS) is 12.2. The average molecular weight is 827 g/mol. The van der Waals surface area contributed by atoms with Crippen molar-refractivity contribution in [1.82, 2.24) is 4.98 Å². The maximum absolute atomic E-state index is 11.7. The number of ketones is 1. The van der Waals surface area contributed by atoms with Gasteiger partial charge in [-0.1, -0.05) is 101 Å². The summed E-state index contributed by atoms with van der Waals surface area (Å²) in [4.78, 5) is 16.7. The van der Waals surface area contributed by atoms with Crippen molar-refractivity contribution in [2.45, 2.75) is 73.0 Å². The van der Waals surface area contributed by atoms with Gasteiger partial charge in [-0.2, -0.15) is 11.3 Å². The monoisotopic (exact) mass is 827 g/mol. The zero-order chi connectivity index (χ0) is 32.3. The van der Waals surface area contributed by atoms with Gasteiger partial charge in [-0.15, -0.1) is 17.5 Å². The molecular formula is C39H44IrNO3SSi-. The van der Waals surface area contributed by atoms with Crippen LogP contribution in [0, 0.1) is 17.9 Å². The van der Waals surface area contributed by atoms with E-state index in [0.717, 1.165) is 69.1 Å². The zero-order valence-corrected chi connectivity index (χ0v) is 32.1. The van der Waals surface area contributed by atoms with Gasteiger partial charge in [0.25, 0.3) is 0 Å². The van der Waals surface area contributed by atoms with Crippen LogP contribution in [-0.2, 0) is 24.9 Å². The van der Waals surface area contributed by atoms with E-state index >= 15 is 0 Å². The minimum absolute atomic E-state index is 0. The first-order valence-electron chi connectivity index (χ1n) is 16.2. The predicted molar refractivity (Wildman–Crippen MR) is 196 cm³/mol. The number of hydrogen-bond donors (Lipinski definition) is 1. The number of fused-ring (bicyclic) bond motifs is 6. The van der Waals surface area contributed by atoms with Crippen LogP contribution in [0.5, 0.6) is 0 Å². The molecule has 46 heavy (non-hydrogen) atoms. The van der Waals surface area contributed by atoms with Gasteiger partial charge < -0.3 is 9.52 Å². The first-order valence-corrected chi connectivity index (χ1v) is 20.5. The minimum atomic E-state index is -1.45. The summed E-state index contributed by atoms with van der Waals surface area (Å²) >= 11 is 1.72. The Hall–Kier alpha value is -3.09. The van der Waals surface area contributed by atoms with E-state index in [1.807, 2.05) is 33.8 Å². The van der Waals surface area contributed by atoms with E-state index < -0.39 is 8.07 Å². The van der Waals surface area contributed by atoms with Crippen molar-refractivity contribution in [1.29, 1.82) is 0 Å². The quantitative estimate of drug-likeness (QED) is 0.0683. The van der Waals surface area contributed by atoms with Gasteiger partial charge in [0, 0.05) is 42.7 Å². The zero-order valence-electron chi connectivity index (χ0n) is 27.9. The number of benzene rings is 4. The molecule has 6 rings (SSSR count). The van der Waals surface area contributed by atoms with Crippen molar-refractivity contribution in [2.24, 2.45) is 11.8 Å². The molecule has 0 aliphatic heterocycles. The van der Waals surface area contributed by atoms with Crippen molar-refractivity contribution < 1.29 is 34.4 Å². The Bertz CT molecular complexity index is 1960. The number of aromatic nitrogens is 1. The van der Waals surface area contributed by atoms with Gasteiger partial charge in [0.05, 0.1) is 29.9 Å². The van der Waals surface area contributed by atoms with Gasteiger partial charge in [0.1, 0.15) is 5.58 Å². The van der Waals surface area contributed by atoms with Crippen LogP contribution in [0.15, 0.2) is 83.0 Å². The van der Waals surface area contributed by atoms with Crippen LogP contribution in [0.1, 0.15) is 53.4 Å². The first-order chi connectivity index (χ1) is 21.6. The Kier molecular flexibility index (Phi) is 11.8. The van der Waals surface area contributed by atoms with Gasteiger partial charge in [-0.05, 0) is 60.0 Å². The number of nitrogens with zero attached hydrogens (tertiary/aromatic N) is 1. The number of thiazole rings is 1. The van der Waals surface area contributed by atoms with E-state index in [4.69, 9.17) is 9.40 Å². The number of carbonyl (C=O) groups is 1. The van der Waals surface area contributed by atoms with Crippen molar-refractivity contribution in [3.8, 4) is 10.6 Å². The molecule has 4 nitrogen and oxygen atoms in total. The third kappa shape index (κ3) is 7.39. The fourth-order valence-corrected chi connectivity index (χ4v) is 8.04. The SMILES string of the molecule is CCC(CC)C(=O)/C=C(\O)C(CC)CC.C[Si](C)(C)c1ccc2oc3c4ccccc4[c-]c(-c4nc5ccccc5s4)c3c2c1.[Ir]. The summed E-state index contributed by atoms with van der Waals surface area (Å²) in [5.74, 6) is 0.547. The van der Waals surface area contributed by atoms with E-state index in [-0.39, 0.29) is 43.5 Å². The molecule has 0 aliphatic rings. The molecule has 6 aromatic rings. The Morgan fingerprint density at radius 3 is 2.22 bits per heavy atom. The summed E-state index contributed by atoms with van der Waals surface area (Å²) in [7, 11) is -1.45. The third-order valence-electron chi connectivity index (χ3n) is 8.83. The van der Waals surface area contributed by atoms with Gasteiger partial charge in [0.15, 0.2) is 5.78 Å². The summed E-state index contributed by atoms with van der Waals surface area (Å²) in [6.07, 6.45) is 4.91. The molecule has 0 bridgehead atoms. The molecule has 2 aromatic heterocycles. The predicted octanol–water partition coefficient (Wildman–Crippen LogP) is 11.2. The van der Waals surface area contributed by atoms with E-state index in [0.29, 0.717) is 0 Å². The molecule has 4 aromatic carbocycles. The molecule has 7 heteroatoms. The number of furan rings is 1. The molecule has 0 unspecified atom stereocenters. The number of aliphatic hydroxyl groups is 1. The molecule has 0 atom stereocenters. The van der Waals surface area contributed by atoms with Crippen molar-refractivity contribution in [2.75, 3.05) is 0 Å². The maximum Gasteiger partial charge on any atom is 0.162 e. The molecular weight excluding hydrogens is 783 g/mol. The van der Waals surface area contributed by atoms with Crippen LogP contribution in [0.3, 0.4) is 0 Å². The second-order valence-corrected chi connectivity index (χ2v) is 18.9. The fourth-order valence-electron chi connectivity index (χ4n) is 5.91. The number of rotatable bonds is 9. The molecule has 1 radical (unpaired) electrons. The van der Waals surface area contributed by atoms with Crippen molar-refractivity contribution in [3.63, 3.8) is 0 Å².